The summed E-state index contributed by atoms with van der Waals surface area (Å²) in [4.78, 5) is 23.9. The number of halogens is 1. The molecule has 1 aromatic carbocycles. The number of benzene rings is 1. The maximum absolute atomic E-state index is 12.0. The van der Waals surface area contributed by atoms with E-state index in [-0.39, 0.29) is 6.04 Å². The van der Waals surface area contributed by atoms with Crippen LogP contribution in [0.4, 0.5) is 5.69 Å². The van der Waals surface area contributed by atoms with E-state index in [1.807, 2.05) is 0 Å². The molecule has 1 aliphatic rings. The lowest BCUT2D eigenvalue weighted by molar-refractivity contribution is -0.137. The predicted octanol–water partition coefficient (Wildman–Crippen LogP) is 2.98. The van der Waals surface area contributed by atoms with E-state index in [4.69, 9.17) is 16.3 Å². The van der Waals surface area contributed by atoms with Gasteiger partial charge in [0.25, 0.3) is 0 Å². The number of nitrogens with one attached hydrogen (secondary N) is 2. The summed E-state index contributed by atoms with van der Waals surface area (Å²) in [6, 6.07) is 4.90. The highest BCUT2D eigenvalue weighted by atomic mass is 35.5. The zero-order chi connectivity index (χ0) is 16.1. The number of ether oxygens (including phenoxy) is 1. The van der Waals surface area contributed by atoms with Gasteiger partial charge in [-0.05, 0) is 37.0 Å². The Bertz CT molecular complexity index is 562. The molecule has 0 radical (unpaired) electrons. The van der Waals surface area contributed by atoms with Crippen LogP contribution in [0.2, 0.25) is 5.02 Å². The number of rotatable bonds is 3. The first kappa shape index (κ1) is 16.6. The van der Waals surface area contributed by atoms with Gasteiger partial charge < -0.3 is 15.4 Å². The fourth-order valence-electron chi connectivity index (χ4n) is 2.70. The minimum atomic E-state index is -0.681. The summed E-state index contributed by atoms with van der Waals surface area (Å²) < 4.78 is 5.04. The van der Waals surface area contributed by atoms with Gasteiger partial charge in [-0.25, -0.2) is 0 Å². The Morgan fingerprint density at radius 2 is 1.95 bits per heavy atom. The average molecular weight is 325 g/mol. The third-order valence-electron chi connectivity index (χ3n) is 4.04. The van der Waals surface area contributed by atoms with Crippen molar-refractivity contribution in [2.24, 2.45) is 5.92 Å². The molecule has 1 aromatic rings. The largest absolute Gasteiger partial charge is 0.495 e. The van der Waals surface area contributed by atoms with E-state index in [1.165, 1.54) is 13.5 Å². The Balaban J connectivity index is 1.93. The molecule has 22 heavy (non-hydrogen) atoms. The number of carbonyl (C=O) groups excluding carboxylic acids is 2. The van der Waals surface area contributed by atoms with E-state index in [1.54, 1.807) is 18.2 Å². The average Bonchev–Trinajstić information content (AvgIpc) is 2.49. The maximum atomic E-state index is 12.0. The third-order valence-corrected chi connectivity index (χ3v) is 4.34. The second-order valence-electron chi connectivity index (χ2n) is 5.65. The number of amides is 2. The summed E-state index contributed by atoms with van der Waals surface area (Å²) in [5.41, 5.74) is 0.461. The highest BCUT2D eigenvalue weighted by Crippen LogP contribution is 2.27. The van der Waals surface area contributed by atoms with E-state index in [0.717, 1.165) is 19.3 Å². The lowest BCUT2D eigenvalue weighted by Gasteiger charge is -2.29. The van der Waals surface area contributed by atoms with Crippen molar-refractivity contribution in [1.82, 2.24) is 5.32 Å². The summed E-state index contributed by atoms with van der Waals surface area (Å²) in [7, 11) is 1.51. The summed E-state index contributed by atoms with van der Waals surface area (Å²) in [5, 5.41) is 5.74. The number of hydrogen-bond acceptors (Lipinski definition) is 3. The molecule has 2 rings (SSSR count). The fraction of sp³-hybridized carbons (Fsp3) is 0.500. The quantitative estimate of drug-likeness (QED) is 0.840. The first-order valence-electron chi connectivity index (χ1n) is 7.46. The second kappa shape index (κ2) is 7.49. The third kappa shape index (κ3) is 4.13. The molecular weight excluding hydrogens is 304 g/mol. The van der Waals surface area contributed by atoms with Crippen LogP contribution in [0.3, 0.4) is 0 Å². The standard InChI is InChI=1S/C16H21ClN2O3/c1-10-5-3-4-6-13(10)19-16(21)15(20)18-11-7-8-14(22-2)12(17)9-11/h7-10,13H,3-6H2,1-2H3,(H,18,20)(H,19,21). The molecule has 0 aliphatic heterocycles. The monoisotopic (exact) mass is 324 g/mol. The maximum Gasteiger partial charge on any atom is 0.313 e. The van der Waals surface area contributed by atoms with Crippen molar-refractivity contribution in [2.45, 2.75) is 38.6 Å². The van der Waals surface area contributed by atoms with Gasteiger partial charge in [-0.2, -0.15) is 0 Å². The van der Waals surface area contributed by atoms with Crippen molar-refractivity contribution in [1.29, 1.82) is 0 Å². The highest BCUT2D eigenvalue weighted by Gasteiger charge is 2.25. The zero-order valence-electron chi connectivity index (χ0n) is 12.8. The van der Waals surface area contributed by atoms with Crippen molar-refractivity contribution in [2.75, 3.05) is 12.4 Å². The van der Waals surface area contributed by atoms with Crippen LogP contribution >= 0.6 is 11.6 Å². The first-order chi connectivity index (χ1) is 10.5. The van der Waals surface area contributed by atoms with Gasteiger partial charge in [-0.1, -0.05) is 31.4 Å². The second-order valence-corrected chi connectivity index (χ2v) is 6.05. The lowest BCUT2D eigenvalue weighted by Crippen LogP contribution is -2.45. The molecule has 5 nitrogen and oxygen atoms in total. The van der Waals surface area contributed by atoms with E-state index in [9.17, 15) is 9.59 Å². The normalized spacial score (nSPS) is 21.0. The molecule has 2 amide bonds. The predicted molar refractivity (Wildman–Crippen MR) is 86.2 cm³/mol. The minimum Gasteiger partial charge on any atom is -0.495 e. The Morgan fingerprint density at radius 1 is 1.23 bits per heavy atom. The van der Waals surface area contributed by atoms with E-state index in [0.29, 0.717) is 22.4 Å². The van der Waals surface area contributed by atoms with Crippen molar-refractivity contribution in [3.8, 4) is 5.75 Å². The number of methoxy groups -OCH3 is 1. The van der Waals surface area contributed by atoms with Gasteiger partial charge in [0.05, 0.1) is 12.1 Å². The molecular formula is C16H21ClN2O3. The van der Waals surface area contributed by atoms with Crippen LogP contribution in [0.5, 0.6) is 5.75 Å². The molecule has 120 valence electrons. The van der Waals surface area contributed by atoms with Gasteiger partial charge in [-0.15, -0.1) is 0 Å². The molecule has 6 heteroatoms. The molecule has 2 unspecified atom stereocenters. The number of hydrogen-bond donors (Lipinski definition) is 2. The van der Waals surface area contributed by atoms with Crippen LogP contribution in [-0.4, -0.2) is 25.0 Å². The van der Waals surface area contributed by atoms with Gasteiger partial charge in [0.1, 0.15) is 5.75 Å². The minimum absolute atomic E-state index is 0.0754. The lowest BCUT2D eigenvalue weighted by atomic mass is 9.86. The number of anilines is 1. The van der Waals surface area contributed by atoms with Gasteiger partial charge in [-0.3, -0.25) is 9.59 Å². The zero-order valence-corrected chi connectivity index (χ0v) is 13.6. The molecule has 0 aromatic heterocycles. The fourth-order valence-corrected chi connectivity index (χ4v) is 2.95. The Labute approximate surface area is 135 Å². The molecule has 1 saturated carbocycles. The van der Waals surface area contributed by atoms with E-state index < -0.39 is 11.8 Å². The van der Waals surface area contributed by atoms with Crippen molar-refractivity contribution in [3.05, 3.63) is 23.2 Å². The summed E-state index contributed by atoms with van der Waals surface area (Å²) >= 11 is 5.99. The summed E-state index contributed by atoms with van der Waals surface area (Å²) in [6.45, 7) is 2.10. The van der Waals surface area contributed by atoms with Gasteiger partial charge in [0, 0.05) is 11.7 Å². The topological polar surface area (TPSA) is 67.4 Å². The van der Waals surface area contributed by atoms with Crippen molar-refractivity contribution < 1.29 is 14.3 Å². The van der Waals surface area contributed by atoms with E-state index >= 15 is 0 Å². The molecule has 0 spiro atoms. The molecule has 1 aliphatic carbocycles. The molecule has 0 bridgehead atoms. The molecule has 0 saturated heterocycles. The van der Waals surface area contributed by atoms with Crippen LogP contribution < -0.4 is 15.4 Å². The van der Waals surface area contributed by atoms with Crippen LogP contribution in [0.25, 0.3) is 0 Å². The molecule has 2 atom stereocenters. The van der Waals surface area contributed by atoms with Crippen LogP contribution in [0.1, 0.15) is 32.6 Å². The van der Waals surface area contributed by atoms with Gasteiger partial charge in [0.2, 0.25) is 0 Å². The van der Waals surface area contributed by atoms with Gasteiger partial charge in [0.15, 0.2) is 0 Å². The molecule has 0 heterocycles. The first-order valence-corrected chi connectivity index (χ1v) is 7.84. The molecule has 2 N–H and O–H groups in total. The smallest absolute Gasteiger partial charge is 0.313 e. The van der Waals surface area contributed by atoms with Crippen LogP contribution in [0, 0.1) is 5.92 Å². The van der Waals surface area contributed by atoms with E-state index in [2.05, 4.69) is 17.6 Å². The Morgan fingerprint density at radius 3 is 2.59 bits per heavy atom. The SMILES string of the molecule is COc1ccc(NC(=O)C(=O)NC2CCCCC2C)cc1Cl. The highest BCUT2D eigenvalue weighted by molar-refractivity contribution is 6.40. The van der Waals surface area contributed by atoms with Crippen molar-refractivity contribution >= 4 is 29.1 Å². The van der Waals surface area contributed by atoms with Gasteiger partial charge >= 0.3 is 11.8 Å². The summed E-state index contributed by atoms with van der Waals surface area (Å²) in [5.74, 6) is -0.370. The number of carbonyl (C=O) groups is 2. The Kier molecular flexibility index (Phi) is 5.66. The summed E-state index contributed by atoms with van der Waals surface area (Å²) in [6.07, 6.45) is 4.28. The Hall–Kier alpha value is -1.75. The molecule has 1 fully saturated rings. The van der Waals surface area contributed by atoms with Crippen LogP contribution in [-0.2, 0) is 9.59 Å². The van der Waals surface area contributed by atoms with Crippen LogP contribution in [0.15, 0.2) is 18.2 Å². The van der Waals surface area contributed by atoms with Crippen molar-refractivity contribution in [3.63, 3.8) is 0 Å².